The Kier molecular flexibility index (Phi) is 4.06. The van der Waals surface area contributed by atoms with Crippen molar-refractivity contribution in [3.05, 3.63) is 0 Å². The molecule has 0 spiro atoms. The van der Waals surface area contributed by atoms with E-state index in [-0.39, 0.29) is 6.61 Å². The smallest absolute Gasteiger partial charge is 0.326 e. The van der Waals surface area contributed by atoms with Crippen molar-refractivity contribution >= 4 is 29.2 Å². The highest BCUT2D eigenvalue weighted by Crippen LogP contribution is 2.14. The lowest BCUT2D eigenvalue weighted by Crippen LogP contribution is -2.27. The predicted molar refractivity (Wildman–Crippen MR) is 41.6 cm³/mol. The second-order valence-electron chi connectivity index (χ2n) is 2.30. The number of hydrogen-bond acceptors (Lipinski definition) is 2. The summed E-state index contributed by atoms with van der Waals surface area (Å²) >= 11 is 10.9. The average Bonchev–Trinajstić information content (AvgIpc) is 1.80. The molecule has 0 aliphatic heterocycles. The summed E-state index contributed by atoms with van der Waals surface area (Å²) in [4.78, 5) is 9.87. The molecule has 0 amide bonds. The third-order valence-electron chi connectivity index (χ3n) is 0.796. The van der Waals surface area contributed by atoms with Crippen LogP contribution in [0, 0.1) is 0 Å². The molecule has 0 unspecified atom stereocenters. The van der Waals surface area contributed by atoms with Crippen LogP contribution >= 0.6 is 23.2 Å². The van der Waals surface area contributed by atoms with E-state index in [1.807, 2.05) is 0 Å². The zero-order chi connectivity index (χ0) is 8.20. The van der Waals surface area contributed by atoms with Gasteiger partial charge in [0.2, 0.25) is 0 Å². The van der Waals surface area contributed by atoms with Gasteiger partial charge in [-0.25, -0.2) is 0 Å². The molecule has 0 aliphatic rings. The van der Waals surface area contributed by atoms with Crippen LogP contribution in [0.25, 0.3) is 0 Å². The summed E-state index contributed by atoms with van der Waals surface area (Å²) in [7, 11) is 0. The minimum atomic E-state index is -0.938. The van der Waals surface area contributed by atoms with Crippen molar-refractivity contribution in [1.82, 2.24) is 0 Å². The third-order valence-corrected chi connectivity index (χ3v) is 1.10. The second-order valence-corrected chi connectivity index (χ2v) is 3.62. The van der Waals surface area contributed by atoms with Gasteiger partial charge in [-0.05, 0) is 13.8 Å². The quantitative estimate of drug-likeness (QED) is 0.494. The molecule has 0 bridgehead atoms. The molecule has 10 heavy (non-hydrogen) atoms. The molecule has 2 nitrogen and oxygen atoms in total. The lowest BCUT2D eigenvalue weighted by atomic mass is 10.2. The van der Waals surface area contributed by atoms with E-state index < -0.39 is 10.8 Å². The fourth-order valence-corrected chi connectivity index (χ4v) is 0.435. The molecule has 0 heterocycles. The van der Waals surface area contributed by atoms with Gasteiger partial charge in [0.25, 0.3) is 0 Å². The number of hydrogen-bond donors (Lipinski definition) is 0. The van der Waals surface area contributed by atoms with Crippen molar-refractivity contribution in [2.24, 2.45) is 0 Å². The van der Waals surface area contributed by atoms with Crippen LogP contribution in [0.1, 0.15) is 13.8 Å². The van der Waals surface area contributed by atoms with Gasteiger partial charge in [-0.15, -0.1) is 23.2 Å². The number of esters is 1. The van der Waals surface area contributed by atoms with Gasteiger partial charge in [-0.3, -0.25) is 4.79 Å². The number of rotatable bonds is 3. The first-order chi connectivity index (χ1) is 4.48. The lowest BCUT2D eigenvalue weighted by Gasteiger charge is -2.12. The lowest BCUT2D eigenvalue weighted by molar-refractivity contribution is -0.145. The predicted octanol–water partition coefficient (Wildman–Crippen LogP) is 1.79. The topological polar surface area (TPSA) is 26.3 Å². The second kappa shape index (κ2) is 4.04. The van der Waals surface area contributed by atoms with Crippen LogP contribution in [0.4, 0.5) is 0 Å². The van der Waals surface area contributed by atoms with E-state index in [2.05, 4.69) is 4.74 Å². The molecule has 0 fully saturated rings. The Bertz CT molecular complexity index is 117. The molecule has 4 heteroatoms. The van der Waals surface area contributed by atoms with Gasteiger partial charge >= 0.3 is 5.97 Å². The first kappa shape index (κ1) is 10.0. The average molecular weight is 185 g/mol. The summed E-state index contributed by atoms with van der Waals surface area (Å²) in [6, 6.07) is 0. The summed E-state index contributed by atoms with van der Waals surface area (Å²) in [5.41, 5.74) is 0. The van der Waals surface area contributed by atoms with Gasteiger partial charge < -0.3 is 4.74 Å². The van der Waals surface area contributed by atoms with Crippen LogP contribution in [0.2, 0.25) is 0 Å². The molecule has 0 saturated carbocycles. The highest BCUT2D eigenvalue weighted by Gasteiger charge is 2.25. The summed E-state index contributed by atoms with van der Waals surface area (Å²) in [5.74, 6) is -0.131. The Morgan fingerprint density at radius 2 is 2.10 bits per heavy atom. The van der Waals surface area contributed by atoms with Gasteiger partial charge in [-0.2, -0.15) is 0 Å². The minimum Gasteiger partial charge on any atom is -0.463 e. The standard InChI is InChI=1S/C6H10Cl2O2/c1-6(2,8)5(9)10-4-3-7/h3-4H2,1-2H3. The molecule has 60 valence electrons. The molecule has 0 rings (SSSR count). The van der Waals surface area contributed by atoms with Crippen molar-refractivity contribution in [1.29, 1.82) is 0 Å². The Hall–Kier alpha value is 0.0500. The van der Waals surface area contributed by atoms with Gasteiger partial charge in [0.1, 0.15) is 11.5 Å². The normalized spacial score (nSPS) is 11.2. The first-order valence-corrected chi connectivity index (χ1v) is 3.82. The largest absolute Gasteiger partial charge is 0.463 e. The fraction of sp³-hybridized carbons (Fsp3) is 0.833. The summed E-state index contributed by atoms with van der Waals surface area (Å²) in [6.07, 6.45) is 0. The number of ether oxygens (including phenoxy) is 1. The molecule has 0 saturated heterocycles. The Morgan fingerprint density at radius 1 is 1.60 bits per heavy atom. The van der Waals surface area contributed by atoms with Gasteiger partial charge in [-0.1, -0.05) is 0 Å². The van der Waals surface area contributed by atoms with Crippen LogP contribution in [0.15, 0.2) is 0 Å². The zero-order valence-corrected chi connectivity index (χ0v) is 7.50. The summed E-state index contributed by atoms with van der Waals surface area (Å²) < 4.78 is 4.65. The molecular formula is C6H10Cl2O2. The van der Waals surface area contributed by atoms with E-state index in [0.29, 0.717) is 5.88 Å². The van der Waals surface area contributed by atoms with Crippen molar-refractivity contribution in [3.63, 3.8) is 0 Å². The molecule has 0 aromatic carbocycles. The Morgan fingerprint density at radius 3 is 2.40 bits per heavy atom. The van der Waals surface area contributed by atoms with Crippen LogP contribution in [-0.4, -0.2) is 23.3 Å². The van der Waals surface area contributed by atoms with E-state index >= 15 is 0 Å². The van der Waals surface area contributed by atoms with Crippen LogP contribution in [0.3, 0.4) is 0 Å². The highest BCUT2D eigenvalue weighted by molar-refractivity contribution is 6.33. The van der Waals surface area contributed by atoms with E-state index in [4.69, 9.17) is 23.2 Å². The van der Waals surface area contributed by atoms with Crippen molar-refractivity contribution < 1.29 is 9.53 Å². The molecule has 0 radical (unpaired) electrons. The van der Waals surface area contributed by atoms with E-state index in [0.717, 1.165) is 0 Å². The first-order valence-electron chi connectivity index (χ1n) is 2.90. The maximum atomic E-state index is 10.8. The molecular weight excluding hydrogens is 175 g/mol. The van der Waals surface area contributed by atoms with E-state index in [1.165, 1.54) is 0 Å². The zero-order valence-electron chi connectivity index (χ0n) is 5.99. The van der Waals surface area contributed by atoms with Gasteiger partial charge in [0.05, 0.1) is 5.88 Å². The highest BCUT2D eigenvalue weighted by atomic mass is 35.5. The molecule has 0 aliphatic carbocycles. The Labute approximate surface area is 70.4 Å². The third kappa shape index (κ3) is 3.96. The molecule has 0 aromatic rings. The van der Waals surface area contributed by atoms with E-state index in [1.54, 1.807) is 13.8 Å². The number of carbonyl (C=O) groups excluding carboxylic acids is 1. The molecule has 0 aromatic heterocycles. The molecule has 0 atom stereocenters. The maximum Gasteiger partial charge on any atom is 0.326 e. The Balaban J connectivity index is 3.64. The van der Waals surface area contributed by atoms with Gasteiger partial charge in [0, 0.05) is 0 Å². The van der Waals surface area contributed by atoms with Crippen molar-refractivity contribution in [2.75, 3.05) is 12.5 Å². The minimum absolute atomic E-state index is 0.219. The summed E-state index contributed by atoms with van der Waals surface area (Å²) in [6.45, 7) is 3.37. The van der Waals surface area contributed by atoms with Crippen molar-refractivity contribution in [3.8, 4) is 0 Å². The number of halogens is 2. The number of carbonyl (C=O) groups is 1. The fourth-order valence-electron chi connectivity index (χ4n) is 0.303. The van der Waals surface area contributed by atoms with Crippen LogP contribution in [0.5, 0.6) is 0 Å². The van der Waals surface area contributed by atoms with Crippen LogP contribution < -0.4 is 0 Å². The van der Waals surface area contributed by atoms with Crippen molar-refractivity contribution in [2.45, 2.75) is 18.7 Å². The SMILES string of the molecule is CC(C)(Cl)C(=O)OCCCl. The van der Waals surface area contributed by atoms with Crippen LogP contribution in [-0.2, 0) is 9.53 Å². The van der Waals surface area contributed by atoms with E-state index in [9.17, 15) is 4.79 Å². The van der Waals surface area contributed by atoms with Gasteiger partial charge in [0.15, 0.2) is 0 Å². The molecule has 0 N–H and O–H groups in total. The summed E-state index contributed by atoms with van der Waals surface area (Å²) in [5, 5.41) is 0. The number of alkyl halides is 2. The maximum absolute atomic E-state index is 10.8. The monoisotopic (exact) mass is 184 g/mol.